The van der Waals surface area contributed by atoms with Crippen molar-refractivity contribution >= 4 is 29.5 Å². The molecule has 168 valence electrons. The lowest BCUT2D eigenvalue weighted by Gasteiger charge is -2.34. The van der Waals surface area contributed by atoms with Crippen molar-refractivity contribution in [1.29, 1.82) is 0 Å². The first-order valence-corrected chi connectivity index (χ1v) is 11.3. The summed E-state index contributed by atoms with van der Waals surface area (Å²) in [5.74, 6) is 1.26. The van der Waals surface area contributed by atoms with Crippen molar-refractivity contribution in [3.05, 3.63) is 41.6 Å². The number of carbonyl (C=O) groups excluding carboxylic acids is 1. The normalized spacial score (nSPS) is 18.2. The topological polar surface area (TPSA) is 79.4 Å². The fourth-order valence-corrected chi connectivity index (χ4v) is 4.33. The van der Waals surface area contributed by atoms with E-state index in [2.05, 4.69) is 54.5 Å². The molecule has 1 aliphatic heterocycles. The van der Waals surface area contributed by atoms with Crippen molar-refractivity contribution in [2.24, 2.45) is 0 Å². The zero-order valence-electron chi connectivity index (χ0n) is 19.4. The Morgan fingerprint density at radius 1 is 1.23 bits per heavy atom. The second kappa shape index (κ2) is 9.04. The Bertz CT molecular complexity index is 942. The molecule has 0 aromatic carbocycles. The molecule has 8 heteroatoms. The summed E-state index contributed by atoms with van der Waals surface area (Å²) in [6.07, 6.45) is 0.982. The Morgan fingerprint density at radius 2 is 1.97 bits per heavy atom. The van der Waals surface area contributed by atoms with Crippen LogP contribution in [0.4, 0.5) is 11.6 Å². The highest BCUT2D eigenvalue weighted by atomic mass is 32.2. The number of ether oxygens (including phenoxy) is 1. The van der Waals surface area contributed by atoms with Gasteiger partial charge in [0.05, 0.1) is 11.7 Å². The minimum Gasteiger partial charge on any atom is -0.380 e. The van der Waals surface area contributed by atoms with Crippen LogP contribution in [0.25, 0.3) is 0 Å². The summed E-state index contributed by atoms with van der Waals surface area (Å²) in [4.78, 5) is 24.8. The van der Waals surface area contributed by atoms with E-state index < -0.39 is 0 Å². The fraction of sp³-hybridized carbons (Fsp3) is 0.522. The van der Waals surface area contributed by atoms with Crippen molar-refractivity contribution in [2.75, 3.05) is 30.9 Å². The molecule has 3 rings (SSSR count). The van der Waals surface area contributed by atoms with Crippen LogP contribution in [0.2, 0.25) is 0 Å². The molecule has 0 aliphatic carbocycles. The number of nitrogens with zero attached hydrogens (tertiary/aromatic N) is 3. The Kier molecular flexibility index (Phi) is 6.81. The molecule has 2 aromatic rings. The molecular weight excluding hydrogens is 410 g/mol. The van der Waals surface area contributed by atoms with Gasteiger partial charge in [0.25, 0.3) is 5.91 Å². The van der Waals surface area contributed by atoms with Gasteiger partial charge in [-0.2, -0.15) is 0 Å². The third-order valence-corrected chi connectivity index (χ3v) is 6.27. The summed E-state index contributed by atoms with van der Waals surface area (Å²) >= 11 is 1.20. The Balaban J connectivity index is 1.92. The molecule has 1 unspecified atom stereocenters. The molecule has 1 atom stereocenters. The number of amides is 1. The highest BCUT2D eigenvalue weighted by Crippen LogP contribution is 2.37. The molecular formula is C23H33N5O2S. The van der Waals surface area contributed by atoms with Crippen molar-refractivity contribution in [3.63, 3.8) is 0 Å². The smallest absolute Gasteiger partial charge is 0.265 e. The van der Waals surface area contributed by atoms with Crippen LogP contribution >= 0.6 is 11.9 Å². The van der Waals surface area contributed by atoms with Crippen LogP contribution in [-0.2, 0) is 10.2 Å². The highest BCUT2D eigenvalue weighted by Gasteiger charge is 2.41. The molecule has 1 amide bonds. The van der Waals surface area contributed by atoms with Crippen LogP contribution in [0, 0.1) is 0 Å². The molecule has 2 N–H and O–H groups in total. The van der Waals surface area contributed by atoms with Crippen LogP contribution < -0.4 is 14.9 Å². The van der Waals surface area contributed by atoms with Crippen molar-refractivity contribution < 1.29 is 9.53 Å². The first-order valence-electron chi connectivity index (χ1n) is 10.5. The van der Waals surface area contributed by atoms with Gasteiger partial charge < -0.3 is 15.0 Å². The molecule has 0 bridgehead atoms. The average Bonchev–Trinajstić information content (AvgIpc) is 3.05. The van der Waals surface area contributed by atoms with E-state index in [1.54, 1.807) is 7.11 Å². The molecule has 0 radical (unpaired) electrons. The fourth-order valence-electron chi connectivity index (χ4n) is 3.73. The van der Waals surface area contributed by atoms with Gasteiger partial charge >= 0.3 is 0 Å². The first kappa shape index (κ1) is 23.3. The predicted octanol–water partition coefficient (Wildman–Crippen LogP) is 4.26. The molecule has 2 aromatic heterocycles. The van der Waals surface area contributed by atoms with Crippen LogP contribution in [0.15, 0.2) is 35.4 Å². The summed E-state index contributed by atoms with van der Waals surface area (Å²) in [5.41, 5.74) is 1.21. The van der Waals surface area contributed by atoms with E-state index in [4.69, 9.17) is 9.72 Å². The quantitative estimate of drug-likeness (QED) is 0.646. The van der Waals surface area contributed by atoms with Crippen LogP contribution in [0.5, 0.6) is 0 Å². The molecule has 1 saturated heterocycles. The zero-order valence-corrected chi connectivity index (χ0v) is 20.3. The van der Waals surface area contributed by atoms with E-state index >= 15 is 0 Å². The van der Waals surface area contributed by atoms with Crippen LogP contribution in [-0.4, -0.2) is 48.2 Å². The standard InChI is InChI=1S/C23H33N5O2S/c1-22(2,3)17-12-11-16(20(25-17)28-14-15(30-7)13-23(28,4)5)21(29)27-31-19-10-8-9-18(24-6)26-19/h8-12,15H,13-14H2,1-7H3,(H,24,26)(H,27,29). The second-order valence-electron chi connectivity index (χ2n) is 9.45. The molecule has 3 heterocycles. The second-order valence-corrected chi connectivity index (χ2v) is 10.3. The molecule has 1 aliphatic rings. The van der Waals surface area contributed by atoms with Crippen LogP contribution in [0.3, 0.4) is 0 Å². The third-order valence-electron chi connectivity index (χ3n) is 5.55. The number of aromatic nitrogens is 2. The van der Waals surface area contributed by atoms with E-state index in [1.807, 2.05) is 37.4 Å². The summed E-state index contributed by atoms with van der Waals surface area (Å²) in [5, 5.41) is 3.72. The van der Waals surface area contributed by atoms with Gasteiger partial charge in [-0.15, -0.1) is 0 Å². The summed E-state index contributed by atoms with van der Waals surface area (Å²) in [6, 6.07) is 9.46. The van der Waals surface area contributed by atoms with Gasteiger partial charge in [-0.05, 0) is 44.5 Å². The lowest BCUT2D eigenvalue weighted by molar-refractivity contribution is 0.0984. The van der Waals surface area contributed by atoms with E-state index in [-0.39, 0.29) is 23.0 Å². The third kappa shape index (κ3) is 5.30. The summed E-state index contributed by atoms with van der Waals surface area (Å²) in [6.45, 7) is 11.4. The summed E-state index contributed by atoms with van der Waals surface area (Å²) < 4.78 is 8.57. The van der Waals surface area contributed by atoms with Crippen molar-refractivity contribution in [2.45, 2.75) is 63.1 Å². The number of pyridine rings is 2. The predicted molar refractivity (Wildman–Crippen MR) is 127 cm³/mol. The van der Waals surface area contributed by atoms with E-state index in [0.717, 1.165) is 17.9 Å². The van der Waals surface area contributed by atoms with E-state index in [9.17, 15) is 4.79 Å². The lowest BCUT2D eigenvalue weighted by atomic mass is 9.91. The largest absolute Gasteiger partial charge is 0.380 e. The maximum atomic E-state index is 13.2. The molecule has 0 spiro atoms. The molecule has 1 fully saturated rings. The van der Waals surface area contributed by atoms with Gasteiger partial charge in [-0.25, -0.2) is 9.97 Å². The first-order chi connectivity index (χ1) is 14.5. The number of carbonyl (C=O) groups is 1. The maximum Gasteiger partial charge on any atom is 0.265 e. The van der Waals surface area contributed by atoms with Gasteiger partial charge in [0.2, 0.25) is 0 Å². The SMILES string of the molecule is CNc1cccc(SNC(=O)c2ccc(C(C)(C)C)nc2N2CC(OC)CC2(C)C)n1. The lowest BCUT2D eigenvalue weighted by Crippen LogP contribution is -2.40. The van der Waals surface area contributed by atoms with E-state index in [1.165, 1.54) is 11.9 Å². The number of anilines is 2. The van der Waals surface area contributed by atoms with Gasteiger partial charge in [0.15, 0.2) is 0 Å². The molecule has 31 heavy (non-hydrogen) atoms. The summed E-state index contributed by atoms with van der Waals surface area (Å²) in [7, 11) is 3.55. The monoisotopic (exact) mass is 443 g/mol. The number of hydrogen-bond donors (Lipinski definition) is 2. The number of methoxy groups -OCH3 is 1. The van der Waals surface area contributed by atoms with Gasteiger partial charge in [-0.3, -0.25) is 9.52 Å². The Morgan fingerprint density at radius 3 is 2.58 bits per heavy atom. The van der Waals surface area contributed by atoms with Gasteiger partial charge in [0, 0.05) is 49.3 Å². The highest BCUT2D eigenvalue weighted by molar-refractivity contribution is 7.97. The Hall–Kier alpha value is -2.32. The van der Waals surface area contributed by atoms with E-state index in [0.29, 0.717) is 23.0 Å². The maximum absolute atomic E-state index is 13.2. The van der Waals surface area contributed by atoms with Crippen molar-refractivity contribution in [1.82, 2.24) is 14.7 Å². The van der Waals surface area contributed by atoms with Crippen molar-refractivity contribution in [3.8, 4) is 0 Å². The number of rotatable bonds is 6. The molecule has 0 saturated carbocycles. The van der Waals surface area contributed by atoms with Gasteiger partial charge in [0.1, 0.15) is 16.7 Å². The average molecular weight is 444 g/mol. The molecule has 7 nitrogen and oxygen atoms in total. The zero-order chi connectivity index (χ0) is 22.8. The Labute approximate surface area is 189 Å². The minimum atomic E-state index is -0.193. The number of nitrogens with one attached hydrogen (secondary N) is 2. The van der Waals surface area contributed by atoms with Gasteiger partial charge in [-0.1, -0.05) is 26.8 Å². The number of hydrogen-bond acceptors (Lipinski definition) is 7. The van der Waals surface area contributed by atoms with Crippen LogP contribution in [0.1, 0.15) is 57.1 Å². The minimum absolute atomic E-state index is 0.105.